The van der Waals surface area contributed by atoms with E-state index in [4.69, 9.17) is 0 Å². The minimum atomic E-state index is -4.22. The molecule has 154 valence electrons. The number of allylic oxidation sites excluding steroid dienone is 2. The van der Waals surface area contributed by atoms with E-state index in [9.17, 15) is 20.2 Å². The highest BCUT2D eigenvalue weighted by atomic mass is 19.2. The van der Waals surface area contributed by atoms with Crippen molar-refractivity contribution in [3.63, 3.8) is 0 Å². The molecule has 1 aromatic heterocycles. The summed E-state index contributed by atoms with van der Waals surface area (Å²) in [5, 5.41) is 22.9. The molecule has 0 spiro atoms. The fourth-order valence-electron chi connectivity index (χ4n) is 4.55. The molecule has 0 bridgehead atoms. The molecule has 0 atom stereocenters. The second kappa shape index (κ2) is 6.18. The molecule has 0 fully saturated rings. The number of hydrogen-bond acceptors (Lipinski definition) is 4. The first-order valence-electron chi connectivity index (χ1n) is 9.17. The van der Waals surface area contributed by atoms with E-state index in [1.54, 1.807) is 39.8 Å². The topological polar surface area (TPSA) is 94.2 Å². The SMILES string of the molecule is CC1=CC(C)=[N+]2C1=C(c1ccc([N+](=O)[O-])cc1[N+](=O)[O-])c1c(C)cc(C)n1[B-]2(F)F. The molecule has 2 aliphatic heterocycles. The molecule has 30 heavy (non-hydrogen) atoms. The highest BCUT2D eigenvalue weighted by Crippen LogP contribution is 2.46. The lowest BCUT2D eigenvalue weighted by atomic mass is 9.83. The number of nitro groups is 2. The molecule has 0 N–H and O–H groups in total. The largest absolute Gasteiger partial charge is 0.737 e. The number of halogens is 2. The number of nitro benzene ring substituents is 2. The van der Waals surface area contributed by atoms with Gasteiger partial charge in [0.1, 0.15) is 5.71 Å². The summed E-state index contributed by atoms with van der Waals surface area (Å²) < 4.78 is 33.1. The number of nitrogens with zero attached hydrogens (tertiary/aromatic N) is 4. The molecule has 0 saturated heterocycles. The van der Waals surface area contributed by atoms with Gasteiger partial charge in [-0.05, 0) is 44.2 Å². The first kappa shape index (κ1) is 19.7. The van der Waals surface area contributed by atoms with Crippen LogP contribution in [0.1, 0.15) is 36.4 Å². The number of hydrogen-bond donors (Lipinski definition) is 0. The van der Waals surface area contributed by atoms with Gasteiger partial charge in [0.25, 0.3) is 11.4 Å². The zero-order valence-corrected chi connectivity index (χ0v) is 16.6. The van der Waals surface area contributed by atoms with Gasteiger partial charge in [0, 0.05) is 30.3 Å². The van der Waals surface area contributed by atoms with Crippen LogP contribution in [-0.4, -0.2) is 31.5 Å². The molecule has 0 amide bonds. The quantitative estimate of drug-likeness (QED) is 0.424. The zero-order chi connectivity index (χ0) is 22.1. The van der Waals surface area contributed by atoms with Crippen molar-refractivity contribution in [3.8, 4) is 0 Å². The lowest BCUT2D eigenvalue weighted by Gasteiger charge is -2.33. The van der Waals surface area contributed by atoms with Gasteiger partial charge < -0.3 is 17.6 Å². The van der Waals surface area contributed by atoms with E-state index < -0.39 is 28.2 Å². The van der Waals surface area contributed by atoms with Gasteiger partial charge in [-0.25, -0.2) is 0 Å². The Morgan fingerprint density at radius 2 is 1.70 bits per heavy atom. The van der Waals surface area contributed by atoms with Gasteiger partial charge in [0.2, 0.25) is 0 Å². The van der Waals surface area contributed by atoms with Crippen molar-refractivity contribution in [2.75, 3.05) is 0 Å². The van der Waals surface area contributed by atoms with Crippen LogP contribution in [0.2, 0.25) is 0 Å². The molecule has 2 aromatic rings. The van der Waals surface area contributed by atoms with Crippen molar-refractivity contribution in [1.82, 2.24) is 4.48 Å². The van der Waals surface area contributed by atoms with Crippen molar-refractivity contribution in [2.45, 2.75) is 27.7 Å². The van der Waals surface area contributed by atoms with E-state index in [2.05, 4.69) is 0 Å². The van der Waals surface area contributed by atoms with Crippen LogP contribution in [0, 0.1) is 34.1 Å². The van der Waals surface area contributed by atoms with E-state index in [-0.39, 0.29) is 22.5 Å². The van der Waals surface area contributed by atoms with Crippen LogP contribution in [0.5, 0.6) is 0 Å². The summed E-state index contributed by atoms with van der Waals surface area (Å²) in [4.78, 5) is 21.5. The number of fused-ring (bicyclic) bond motifs is 2. The van der Waals surface area contributed by atoms with Gasteiger partial charge in [0.05, 0.1) is 27.0 Å². The molecule has 0 unspecified atom stereocenters. The van der Waals surface area contributed by atoms with Crippen molar-refractivity contribution in [1.29, 1.82) is 0 Å². The smallest absolute Gasteiger partial charge is 0.393 e. The Balaban J connectivity index is 2.19. The van der Waals surface area contributed by atoms with E-state index in [1.807, 2.05) is 0 Å². The van der Waals surface area contributed by atoms with Crippen LogP contribution in [0.15, 0.2) is 41.6 Å². The van der Waals surface area contributed by atoms with Crippen LogP contribution in [0.4, 0.5) is 20.0 Å². The summed E-state index contributed by atoms with van der Waals surface area (Å²) in [6.07, 6.45) is 1.61. The zero-order valence-electron chi connectivity index (χ0n) is 16.6. The van der Waals surface area contributed by atoms with E-state index >= 15 is 8.63 Å². The number of benzene rings is 1. The molecular formula is C19H17BF2N4O4. The Morgan fingerprint density at radius 3 is 2.30 bits per heavy atom. The Bertz CT molecular complexity index is 1270. The predicted octanol–water partition coefficient (Wildman–Crippen LogP) is 4.35. The molecule has 1 aromatic carbocycles. The molecule has 8 nitrogen and oxygen atoms in total. The fraction of sp³-hybridized carbons (Fsp3) is 0.211. The summed E-state index contributed by atoms with van der Waals surface area (Å²) in [5.41, 5.74) is 1.47. The average Bonchev–Trinajstić information content (AvgIpc) is 3.11. The summed E-state index contributed by atoms with van der Waals surface area (Å²) in [5.74, 6) is 0. The third kappa shape index (κ3) is 2.47. The summed E-state index contributed by atoms with van der Waals surface area (Å²) in [6.45, 7) is 2.24. The van der Waals surface area contributed by atoms with Crippen LogP contribution >= 0.6 is 0 Å². The van der Waals surface area contributed by atoms with Gasteiger partial charge in [-0.15, -0.1) is 0 Å². The average molecular weight is 414 g/mol. The number of aromatic nitrogens is 1. The van der Waals surface area contributed by atoms with Gasteiger partial charge in [-0.3, -0.25) is 20.2 Å². The molecule has 4 rings (SSSR count). The minimum Gasteiger partial charge on any atom is -0.393 e. The molecular weight excluding hydrogens is 397 g/mol. The van der Waals surface area contributed by atoms with Gasteiger partial charge >= 0.3 is 6.97 Å². The summed E-state index contributed by atoms with van der Waals surface area (Å²) >= 11 is 0. The van der Waals surface area contributed by atoms with Gasteiger partial charge in [0.15, 0.2) is 5.70 Å². The second-order valence-corrected chi connectivity index (χ2v) is 7.55. The number of rotatable bonds is 3. The maximum absolute atomic E-state index is 15.6. The Morgan fingerprint density at radius 1 is 1.03 bits per heavy atom. The molecule has 3 heterocycles. The normalized spacial score (nSPS) is 17.1. The third-order valence-corrected chi connectivity index (χ3v) is 5.59. The number of non-ortho nitro benzene ring substituents is 1. The highest BCUT2D eigenvalue weighted by molar-refractivity contribution is 6.58. The highest BCUT2D eigenvalue weighted by Gasteiger charge is 2.55. The molecule has 0 saturated carbocycles. The van der Waals surface area contributed by atoms with E-state index in [1.165, 1.54) is 6.07 Å². The predicted molar refractivity (Wildman–Crippen MR) is 108 cm³/mol. The number of aryl methyl sites for hydroxylation is 2. The lowest BCUT2D eigenvalue weighted by molar-refractivity contribution is -0.394. The molecule has 0 aliphatic carbocycles. The van der Waals surface area contributed by atoms with Crippen molar-refractivity contribution in [2.24, 2.45) is 0 Å². The monoisotopic (exact) mass is 414 g/mol. The Kier molecular flexibility index (Phi) is 4.06. The van der Waals surface area contributed by atoms with Crippen LogP contribution in [0.3, 0.4) is 0 Å². The maximum Gasteiger partial charge on any atom is 0.737 e. The van der Waals surface area contributed by atoms with Gasteiger partial charge in [-0.1, -0.05) is 0 Å². The van der Waals surface area contributed by atoms with E-state index in [0.29, 0.717) is 22.5 Å². The maximum atomic E-state index is 15.6. The Labute approximate surface area is 169 Å². The first-order valence-corrected chi connectivity index (χ1v) is 9.17. The molecule has 11 heteroatoms. The minimum absolute atomic E-state index is 0.0572. The lowest BCUT2D eigenvalue weighted by Crippen LogP contribution is -2.51. The third-order valence-electron chi connectivity index (χ3n) is 5.59. The molecule has 2 aliphatic rings. The standard InChI is InChI=1S/C19H17BF2N4O4/c1-10-7-12(3)23-18(10)17(19-11(2)8-13(4)24(19)20(23,21)22)15-6-5-14(25(27)28)9-16(15)26(29)30/h5-9H,1-4H3. The summed E-state index contributed by atoms with van der Waals surface area (Å²) in [6, 6.07) is 4.89. The second-order valence-electron chi connectivity index (χ2n) is 7.55. The van der Waals surface area contributed by atoms with Crippen LogP contribution < -0.4 is 0 Å². The van der Waals surface area contributed by atoms with Crippen molar-refractivity contribution < 1.29 is 23.0 Å². The van der Waals surface area contributed by atoms with E-state index in [0.717, 1.165) is 21.1 Å². The van der Waals surface area contributed by atoms with Crippen molar-refractivity contribution in [3.05, 3.63) is 84.4 Å². The van der Waals surface area contributed by atoms with Crippen molar-refractivity contribution >= 4 is 29.6 Å². The fourth-order valence-corrected chi connectivity index (χ4v) is 4.55. The van der Waals surface area contributed by atoms with Gasteiger partial charge in [-0.2, -0.15) is 0 Å². The summed E-state index contributed by atoms with van der Waals surface area (Å²) in [7, 11) is 0. The molecule has 0 radical (unpaired) electrons. The first-order chi connectivity index (χ1) is 14.0. The van der Waals surface area contributed by atoms with Crippen LogP contribution in [0.25, 0.3) is 5.57 Å². The Hall–Kier alpha value is -3.63. The van der Waals surface area contributed by atoms with Crippen LogP contribution in [-0.2, 0) is 0 Å².